The van der Waals surface area contributed by atoms with Crippen LogP contribution in [0.25, 0.3) is 0 Å². The first-order chi connectivity index (χ1) is 9.70. The Hall–Kier alpha value is -2.31. The summed E-state index contributed by atoms with van der Waals surface area (Å²) < 4.78 is 13.2. The van der Waals surface area contributed by atoms with Crippen molar-refractivity contribution in [2.45, 2.75) is 6.54 Å². The SMILES string of the molecule is CN(Cc1ccccc1C#CCO)c1cccc(F)c1. The van der Waals surface area contributed by atoms with Crippen LogP contribution in [0.1, 0.15) is 11.1 Å². The van der Waals surface area contributed by atoms with Crippen LogP contribution in [0.2, 0.25) is 0 Å². The largest absolute Gasteiger partial charge is 0.384 e. The van der Waals surface area contributed by atoms with E-state index in [1.54, 1.807) is 6.07 Å². The van der Waals surface area contributed by atoms with Crippen LogP contribution < -0.4 is 4.90 Å². The summed E-state index contributed by atoms with van der Waals surface area (Å²) in [6.45, 7) is 0.466. The summed E-state index contributed by atoms with van der Waals surface area (Å²) in [5.41, 5.74) is 2.74. The quantitative estimate of drug-likeness (QED) is 0.866. The standard InChI is InChI=1S/C17H16FNO/c1-19(17-10-4-9-16(18)12-17)13-15-7-3-2-6-14(15)8-5-11-20/h2-4,6-7,9-10,12,20H,11,13H2,1H3. The molecule has 0 amide bonds. The molecule has 0 saturated heterocycles. The lowest BCUT2D eigenvalue weighted by molar-refractivity contribution is 0.350. The molecule has 3 heteroatoms. The first-order valence-electron chi connectivity index (χ1n) is 6.35. The molecule has 0 aliphatic rings. The van der Waals surface area contributed by atoms with E-state index in [1.807, 2.05) is 42.3 Å². The molecule has 2 nitrogen and oxygen atoms in total. The minimum atomic E-state index is -0.247. The van der Waals surface area contributed by atoms with Crippen molar-refractivity contribution >= 4 is 5.69 Å². The number of rotatable bonds is 3. The lowest BCUT2D eigenvalue weighted by Crippen LogP contribution is -2.17. The zero-order valence-electron chi connectivity index (χ0n) is 11.3. The van der Waals surface area contributed by atoms with Crippen molar-refractivity contribution in [2.24, 2.45) is 0 Å². The van der Waals surface area contributed by atoms with E-state index >= 15 is 0 Å². The van der Waals surface area contributed by atoms with E-state index < -0.39 is 0 Å². The van der Waals surface area contributed by atoms with Gasteiger partial charge in [0.25, 0.3) is 0 Å². The van der Waals surface area contributed by atoms with E-state index in [9.17, 15) is 4.39 Å². The van der Waals surface area contributed by atoms with Gasteiger partial charge >= 0.3 is 0 Å². The van der Waals surface area contributed by atoms with E-state index in [-0.39, 0.29) is 12.4 Å². The molecule has 0 radical (unpaired) electrons. The van der Waals surface area contributed by atoms with E-state index in [2.05, 4.69) is 11.8 Å². The molecule has 0 unspecified atom stereocenters. The van der Waals surface area contributed by atoms with E-state index in [4.69, 9.17) is 5.11 Å². The summed E-state index contributed by atoms with van der Waals surface area (Å²) in [6, 6.07) is 14.2. The fourth-order valence-corrected chi connectivity index (χ4v) is 1.98. The maximum Gasteiger partial charge on any atom is 0.125 e. The van der Waals surface area contributed by atoms with Crippen LogP contribution in [0.3, 0.4) is 0 Å². The number of halogens is 1. The summed E-state index contributed by atoms with van der Waals surface area (Å²) in [6.07, 6.45) is 0. The van der Waals surface area contributed by atoms with Gasteiger partial charge in [0.1, 0.15) is 12.4 Å². The van der Waals surface area contributed by atoms with Crippen LogP contribution in [0, 0.1) is 17.7 Å². The second kappa shape index (κ2) is 6.74. The Morgan fingerprint density at radius 3 is 2.70 bits per heavy atom. The molecule has 2 aromatic rings. The molecular formula is C17H16FNO. The van der Waals surface area contributed by atoms with Gasteiger partial charge in [0.2, 0.25) is 0 Å². The molecule has 0 fully saturated rings. The zero-order chi connectivity index (χ0) is 14.4. The number of benzene rings is 2. The second-order valence-electron chi connectivity index (χ2n) is 4.45. The fraction of sp³-hybridized carbons (Fsp3) is 0.176. The number of nitrogens with zero attached hydrogens (tertiary/aromatic N) is 1. The van der Waals surface area contributed by atoms with Gasteiger partial charge in [0, 0.05) is 24.8 Å². The molecule has 2 rings (SSSR count). The van der Waals surface area contributed by atoms with Crippen LogP contribution >= 0.6 is 0 Å². The maximum absolute atomic E-state index is 13.2. The molecule has 1 N–H and O–H groups in total. The van der Waals surface area contributed by atoms with Crippen molar-refractivity contribution in [3.8, 4) is 11.8 Å². The third-order valence-electron chi connectivity index (χ3n) is 2.98. The van der Waals surface area contributed by atoms with Gasteiger partial charge in [-0.05, 0) is 29.8 Å². The summed E-state index contributed by atoms with van der Waals surface area (Å²) in [5, 5.41) is 8.78. The van der Waals surface area contributed by atoms with Gasteiger partial charge in [0.05, 0.1) is 0 Å². The first-order valence-corrected chi connectivity index (χ1v) is 6.35. The van der Waals surface area contributed by atoms with Gasteiger partial charge in [-0.15, -0.1) is 0 Å². The van der Waals surface area contributed by atoms with Gasteiger partial charge in [-0.25, -0.2) is 4.39 Å². The summed E-state index contributed by atoms with van der Waals surface area (Å²) in [5.74, 6) is 5.34. The maximum atomic E-state index is 13.2. The fourth-order valence-electron chi connectivity index (χ4n) is 1.98. The number of hydrogen-bond donors (Lipinski definition) is 1. The topological polar surface area (TPSA) is 23.5 Å². The van der Waals surface area contributed by atoms with Crippen molar-refractivity contribution < 1.29 is 9.50 Å². The molecule has 0 aliphatic carbocycles. The van der Waals surface area contributed by atoms with Gasteiger partial charge in [0.15, 0.2) is 0 Å². The highest BCUT2D eigenvalue weighted by atomic mass is 19.1. The monoisotopic (exact) mass is 269 g/mol. The predicted octanol–water partition coefficient (Wildman–Crippen LogP) is 2.81. The molecule has 102 valence electrons. The van der Waals surface area contributed by atoms with E-state index in [1.165, 1.54) is 12.1 Å². The Morgan fingerprint density at radius 2 is 1.95 bits per heavy atom. The van der Waals surface area contributed by atoms with Crippen LogP contribution in [-0.2, 0) is 6.54 Å². The molecule has 2 aromatic carbocycles. The van der Waals surface area contributed by atoms with Crippen LogP contribution in [0.5, 0.6) is 0 Å². The Kier molecular flexibility index (Phi) is 4.75. The summed E-state index contributed by atoms with van der Waals surface area (Å²) in [7, 11) is 1.91. The van der Waals surface area contributed by atoms with Crippen molar-refractivity contribution in [1.29, 1.82) is 0 Å². The first kappa shape index (κ1) is 14.1. The predicted molar refractivity (Wildman–Crippen MR) is 78.9 cm³/mol. The average molecular weight is 269 g/mol. The van der Waals surface area contributed by atoms with Crippen molar-refractivity contribution in [3.05, 3.63) is 65.5 Å². The van der Waals surface area contributed by atoms with E-state index in [0.29, 0.717) is 6.54 Å². The van der Waals surface area contributed by atoms with E-state index in [0.717, 1.165) is 16.8 Å². The minimum absolute atomic E-state index is 0.159. The third kappa shape index (κ3) is 3.59. The molecule has 0 aliphatic heterocycles. The minimum Gasteiger partial charge on any atom is -0.384 e. The Balaban J connectivity index is 2.21. The number of anilines is 1. The molecule has 0 heterocycles. The number of hydrogen-bond acceptors (Lipinski definition) is 2. The molecule has 0 bridgehead atoms. The number of aliphatic hydroxyl groups is 1. The average Bonchev–Trinajstić information content (AvgIpc) is 2.46. The highest BCUT2D eigenvalue weighted by molar-refractivity contribution is 5.49. The highest BCUT2D eigenvalue weighted by Crippen LogP contribution is 2.18. The molecule has 0 saturated carbocycles. The molecule has 20 heavy (non-hydrogen) atoms. The Labute approximate surface area is 118 Å². The normalized spacial score (nSPS) is 9.75. The van der Waals surface area contributed by atoms with Crippen molar-refractivity contribution in [1.82, 2.24) is 0 Å². The smallest absolute Gasteiger partial charge is 0.125 e. The molecule has 0 aromatic heterocycles. The van der Waals surface area contributed by atoms with Crippen LogP contribution in [0.4, 0.5) is 10.1 Å². The van der Waals surface area contributed by atoms with Crippen LogP contribution in [0.15, 0.2) is 48.5 Å². The van der Waals surface area contributed by atoms with Crippen LogP contribution in [-0.4, -0.2) is 18.8 Å². The van der Waals surface area contributed by atoms with Crippen molar-refractivity contribution in [2.75, 3.05) is 18.6 Å². The van der Waals surface area contributed by atoms with Gasteiger partial charge in [-0.3, -0.25) is 0 Å². The third-order valence-corrected chi connectivity index (χ3v) is 2.98. The lowest BCUT2D eigenvalue weighted by atomic mass is 10.1. The molecule has 0 spiro atoms. The van der Waals surface area contributed by atoms with Crippen molar-refractivity contribution in [3.63, 3.8) is 0 Å². The lowest BCUT2D eigenvalue weighted by Gasteiger charge is -2.20. The highest BCUT2D eigenvalue weighted by Gasteiger charge is 2.05. The zero-order valence-corrected chi connectivity index (χ0v) is 11.3. The summed E-state index contributed by atoms with van der Waals surface area (Å²) in [4.78, 5) is 1.96. The Bertz CT molecular complexity index is 643. The van der Waals surface area contributed by atoms with Gasteiger partial charge < -0.3 is 10.0 Å². The Morgan fingerprint density at radius 1 is 1.15 bits per heavy atom. The number of aliphatic hydroxyl groups excluding tert-OH is 1. The van der Waals surface area contributed by atoms with Gasteiger partial charge in [-0.1, -0.05) is 36.1 Å². The van der Waals surface area contributed by atoms with Gasteiger partial charge in [-0.2, -0.15) is 0 Å². The summed E-state index contributed by atoms with van der Waals surface area (Å²) >= 11 is 0. The molecular weight excluding hydrogens is 253 g/mol. The second-order valence-corrected chi connectivity index (χ2v) is 4.45. The molecule has 0 atom stereocenters.